The van der Waals surface area contributed by atoms with E-state index in [1.54, 1.807) is 0 Å². The quantitative estimate of drug-likeness (QED) is 0.418. The van der Waals surface area contributed by atoms with Gasteiger partial charge in [-0.3, -0.25) is 0 Å². The number of ether oxygens (including phenoxy) is 1. The van der Waals surface area contributed by atoms with Gasteiger partial charge in [0.15, 0.2) is 0 Å². The van der Waals surface area contributed by atoms with Crippen LogP contribution in [0.1, 0.15) is 6.92 Å². The van der Waals surface area contributed by atoms with Gasteiger partial charge in [-0.15, -0.1) is 0 Å². The number of nitrogens with two attached hydrogens (primary N) is 2. The highest BCUT2D eigenvalue weighted by atomic mass is 16.6. The van der Waals surface area contributed by atoms with Crippen LogP contribution < -0.4 is 11.5 Å². The lowest BCUT2D eigenvalue weighted by molar-refractivity contribution is 0.355. The van der Waals surface area contributed by atoms with Crippen LogP contribution in [0, 0.1) is 0 Å². The van der Waals surface area contributed by atoms with Crippen LogP contribution in [0.3, 0.4) is 0 Å². The Bertz CT molecular complexity index is 74.1. The molecule has 0 aromatic rings. The molecule has 0 bridgehead atoms. The van der Waals surface area contributed by atoms with E-state index in [1.165, 1.54) is 0 Å². The van der Waals surface area contributed by atoms with Crippen LogP contribution in [-0.4, -0.2) is 18.4 Å². The molecule has 7 heavy (non-hydrogen) atoms. The predicted octanol–water partition coefficient (Wildman–Crippen LogP) is -0.983. The van der Waals surface area contributed by atoms with E-state index < -0.39 is 0 Å². The molecule has 3 heteroatoms. The minimum absolute atomic E-state index is 0.0833. The zero-order valence-corrected chi connectivity index (χ0v) is 4.29. The summed E-state index contributed by atoms with van der Waals surface area (Å²) in [6.45, 7) is 1.89. The zero-order valence-electron chi connectivity index (χ0n) is 4.29. The first-order valence-electron chi connectivity index (χ1n) is 2.38. The van der Waals surface area contributed by atoms with Crippen LogP contribution in [0.5, 0.6) is 0 Å². The topological polar surface area (TPSA) is 64.6 Å². The Balaban J connectivity index is 2.20. The molecular formula is C4H10N2O. The fourth-order valence-corrected chi connectivity index (χ4v) is 0.559. The Morgan fingerprint density at radius 1 is 1.71 bits per heavy atom. The van der Waals surface area contributed by atoms with E-state index in [1.807, 2.05) is 6.92 Å². The van der Waals surface area contributed by atoms with Gasteiger partial charge >= 0.3 is 0 Å². The van der Waals surface area contributed by atoms with E-state index in [0.717, 1.165) is 0 Å². The van der Waals surface area contributed by atoms with Gasteiger partial charge in [0.25, 0.3) is 0 Å². The highest BCUT2D eigenvalue weighted by Crippen LogP contribution is 2.17. The van der Waals surface area contributed by atoms with Crippen molar-refractivity contribution in [3.8, 4) is 0 Å². The largest absolute Gasteiger partial charge is 0.352 e. The molecule has 1 heterocycles. The molecular weight excluding hydrogens is 92.1 g/mol. The number of rotatable bonds is 1. The summed E-state index contributed by atoms with van der Waals surface area (Å²) in [5.74, 6) is 0. The number of hydrogen-bond donors (Lipinski definition) is 2. The Kier molecular flexibility index (Phi) is 1.03. The normalized spacial score (nSPS) is 43.3. The first-order chi connectivity index (χ1) is 3.22. The van der Waals surface area contributed by atoms with Crippen LogP contribution in [0.2, 0.25) is 0 Å². The smallest absolute Gasteiger partial charge is 0.134 e. The summed E-state index contributed by atoms with van der Waals surface area (Å²) in [6, 6.07) is 0.0926. The maximum absolute atomic E-state index is 5.38. The summed E-state index contributed by atoms with van der Waals surface area (Å²) in [4.78, 5) is 0. The van der Waals surface area contributed by atoms with E-state index in [4.69, 9.17) is 16.2 Å². The van der Waals surface area contributed by atoms with Gasteiger partial charge < -0.3 is 16.2 Å². The molecule has 0 saturated carbocycles. The second kappa shape index (κ2) is 1.43. The van der Waals surface area contributed by atoms with Crippen LogP contribution in [0.15, 0.2) is 0 Å². The molecule has 1 fully saturated rings. The molecule has 2 unspecified atom stereocenters. The van der Waals surface area contributed by atoms with Crippen molar-refractivity contribution in [2.24, 2.45) is 11.5 Å². The van der Waals surface area contributed by atoms with Crippen LogP contribution in [-0.2, 0) is 4.74 Å². The van der Waals surface area contributed by atoms with Gasteiger partial charge in [0.1, 0.15) is 12.3 Å². The molecule has 1 aliphatic heterocycles. The fraction of sp³-hybridized carbons (Fsp3) is 1.00. The number of hydrogen-bond acceptors (Lipinski definition) is 3. The molecule has 1 aliphatic rings. The third kappa shape index (κ3) is 0.907. The average Bonchev–Trinajstić information content (AvgIpc) is 2.17. The fourth-order valence-electron chi connectivity index (χ4n) is 0.559. The molecule has 0 radical (unpaired) electrons. The van der Waals surface area contributed by atoms with Gasteiger partial charge in [0.05, 0.1) is 0 Å². The summed E-state index contributed by atoms with van der Waals surface area (Å²) in [5.41, 5.74) is 10.6. The van der Waals surface area contributed by atoms with Crippen molar-refractivity contribution < 1.29 is 4.74 Å². The van der Waals surface area contributed by atoms with Crippen LogP contribution in [0.25, 0.3) is 0 Å². The van der Waals surface area contributed by atoms with Crippen molar-refractivity contribution in [2.45, 2.75) is 25.3 Å². The van der Waals surface area contributed by atoms with Crippen molar-refractivity contribution in [1.82, 2.24) is 0 Å². The summed E-state index contributed by atoms with van der Waals surface area (Å²) in [5, 5.41) is 0. The Hall–Kier alpha value is -0.120. The lowest BCUT2D eigenvalue weighted by Crippen LogP contribution is -2.25. The molecule has 0 aromatic carbocycles. The molecule has 42 valence electrons. The van der Waals surface area contributed by atoms with E-state index in [-0.39, 0.29) is 18.4 Å². The molecule has 0 aliphatic carbocycles. The first-order valence-corrected chi connectivity index (χ1v) is 2.38. The van der Waals surface area contributed by atoms with Gasteiger partial charge in [0, 0.05) is 6.04 Å². The second-order valence-corrected chi connectivity index (χ2v) is 1.92. The van der Waals surface area contributed by atoms with Crippen LogP contribution in [0.4, 0.5) is 0 Å². The molecule has 0 aromatic heterocycles. The molecule has 1 rings (SSSR count). The minimum atomic E-state index is -0.0833. The van der Waals surface area contributed by atoms with Gasteiger partial charge in [-0.1, -0.05) is 0 Å². The molecule has 0 amide bonds. The van der Waals surface area contributed by atoms with Gasteiger partial charge in [-0.25, -0.2) is 0 Å². The summed E-state index contributed by atoms with van der Waals surface area (Å²) in [7, 11) is 0. The average molecular weight is 102 g/mol. The van der Waals surface area contributed by atoms with Crippen molar-refractivity contribution in [3.05, 3.63) is 0 Å². The summed E-state index contributed by atoms with van der Waals surface area (Å²) < 4.78 is 4.83. The lowest BCUT2D eigenvalue weighted by atomic mass is 10.2. The Morgan fingerprint density at radius 2 is 2.14 bits per heavy atom. The highest BCUT2D eigenvalue weighted by molar-refractivity contribution is 4.85. The Morgan fingerprint density at radius 3 is 2.14 bits per heavy atom. The maximum Gasteiger partial charge on any atom is 0.134 e. The van der Waals surface area contributed by atoms with E-state index in [0.29, 0.717) is 0 Å². The standard InChI is InChI=1S/C4H10N2O/c1-2(5)3-4(6)7-3/h2-4H,5-6H2,1H3/t2?,3-,4?/m0/s1. The van der Waals surface area contributed by atoms with E-state index >= 15 is 0 Å². The molecule has 1 saturated heterocycles. The SMILES string of the molecule is CC(N)[C@@H]1OC1N. The monoisotopic (exact) mass is 102 g/mol. The zero-order chi connectivity index (χ0) is 5.44. The highest BCUT2D eigenvalue weighted by Gasteiger charge is 2.37. The lowest BCUT2D eigenvalue weighted by Gasteiger charge is -1.93. The maximum atomic E-state index is 5.38. The molecule has 3 atom stereocenters. The van der Waals surface area contributed by atoms with Crippen molar-refractivity contribution >= 4 is 0 Å². The predicted molar refractivity (Wildman–Crippen MR) is 26.5 cm³/mol. The van der Waals surface area contributed by atoms with Gasteiger partial charge in [-0.05, 0) is 6.92 Å². The van der Waals surface area contributed by atoms with Crippen LogP contribution >= 0.6 is 0 Å². The first kappa shape index (κ1) is 5.03. The Labute approximate surface area is 42.6 Å². The minimum Gasteiger partial charge on any atom is -0.352 e. The molecule has 3 nitrogen and oxygen atoms in total. The van der Waals surface area contributed by atoms with Crippen molar-refractivity contribution in [1.29, 1.82) is 0 Å². The van der Waals surface area contributed by atoms with Gasteiger partial charge in [0.2, 0.25) is 0 Å². The van der Waals surface area contributed by atoms with E-state index in [2.05, 4.69) is 0 Å². The number of epoxide rings is 1. The third-order valence-electron chi connectivity index (χ3n) is 1.08. The summed E-state index contributed by atoms with van der Waals surface area (Å²) >= 11 is 0. The van der Waals surface area contributed by atoms with Crippen molar-refractivity contribution in [3.63, 3.8) is 0 Å². The van der Waals surface area contributed by atoms with Gasteiger partial charge in [-0.2, -0.15) is 0 Å². The third-order valence-corrected chi connectivity index (χ3v) is 1.08. The second-order valence-electron chi connectivity index (χ2n) is 1.92. The van der Waals surface area contributed by atoms with Crippen molar-refractivity contribution in [2.75, 3.05) is 0 Å². The molecule has 0 spiro atoms. The van der Waals surface area contributed by atoms with E-state index in [9.17, 15) is 0 Å². The summed E-state index contributed by atoms with van der Waals surface area (Å²) in [6.07, 6.45) is 0.0417. The molecule has 4 N–H and O–H groups in total.